The standard InChI is InChI=1S/C25H21ClN2O3/c1-15-4-8-17(9-5-15)22-23(27-18-10-13-21(31-3)20(26)14-18)25(30)28(24(22)29)19-11-6-16(2)7-12-19/h4-14,27H,1-3H3. The van der Waals surface area contributed by atoms with Crippen molar-refractivity contribution in [2.45, 2.75) is 13.8 Å². The fourth-order valence-electron chi connectivity index (χ4n) is 3.45. The molecule has 0 atom stereocenters. The summed E-state index contributed by atoms with van der Waals surface area (Å²) in [6.07, 6.45) is 0. The van der Waals surface area contributed by atoms with E-state index >= 15 is 0 Å². The van der Waals surface area contributed by atoms with Crippen LogP contribution >= 0.6 is 11.6 Å². The number of hydrogen-bond acceptors (Lipinski definition) is 4. The number of benzene rings is 3. The highest BCUT2D eigenvalue weighted by atomic mass is 35.5. The van der Waals surface area contributed by atoms with Gasteiger partial charge in [-0.3, -0.25) is 9.59 Å². The van der Waals surface area contributed by atoms with Crippen LogP contribution in [0.25, 0.3) is 5.57 Å². The summed E-state index contributed by atoms with van der Waals surface area (Å²) in [7, 11) is 1.53. The van der Waals surface area contributed by atoms with Crippen molar-refractivity contribution < 1.29 is 14.3 Å². The summed E-state index contributed by atoms with van der Waals surface area (Å²) in [4.78, 5) is 28.0. The van der Waals surface area contributed by atoms with Crippen LogP contribution in [0.2, 0.25) is 5.02 Å². The quantitative estimate of drug-likeness (QED) is 0.551. The molecule has 0 saturated heterocycles. The number of amides is 2. The Balaban J connectivity index is 1.80. The maximum Gasteiger partial charge on any atom is 0.282 e. The van der Waals surface area contributed by atoms with Crippen molar-refractivity contribution in [3.63, 3.8) is 0 Å². The zero-order chi connectivity index (χ0) is 22.1. The fraction of sp³-hybridized carbons (Fsp3) is 0.120. The van der Waals surface area contributed by atoms with E-state index in [0.717, 1.165) is 11.1 Å². The van der Waals surface area contributed by atoms with E-state index in [1.165, 1.54) is 12.0 Å². The lowest BCUT2D eigenvalue weighted by molar-refractivity contribution is -0.120. The molecule has 1 N–H and O–H groups in total. The number of rotatable bonds is 5. The van der Waals surface area contributed by atoms with Crippen LogP contribution in [0.4, 0.5) is 11.4 Å². The van der Waals surface area contributed by atoms with Crippen molar-refractivity contribution in [3.8, 4) is 5.75 Å². The van der Waals surface area contributed by atoms with Crippen LogP contribution in [0.3, 0.4) is 0 Å². The lowest BCUT2D eigenvalue weighted by Crippen LogP contribution is -2.32. The van der Waals surface area contributed by atoms with Crippen molar-refractivity contribution in [1.29, 1.82) is 0 Å². The first-order valence-corrected chi connectivity index (χ1v) is 10.1. The Hall–Kier alpha value is -3.57. The minimum absolute atomic E-state index is 0.204. The molecule has 0 spiro atoms. The number of hydrogen-bond donors (Lipinski definition) is 1. The van der Waals surface area contributed by atoms with E-state index in [9.17, 15) is 9.59 Å². The normalized spacial score (nSPS) is 13.7. The van der Waals surface area contributed by atoms with Gasteiger partial charge in [-0.1, -0.05) is 59.1 Å². The smallest absolute Gasteiger partial charge is 0.282 e. The SMILES string of the molecule is COc1ccc(NC2=C(c3ccc(C)cc3)C(=O)N(c3ccc(C)cc3)C2=O)cc1Cl. The zero-order valence-corrected chi connectivity index (χ0v) is 18.2. The van der Waals surface area contributed by atoms with Gasteiger partial charge in [-0.2, -0.15) is 0 Å². The highest BCUT2D eigenvalue weighted by Crippen LogP contribution is 2.35. The molecular weight excluding hydrogens is 412 g/mol. The third-order valence-corrected chi connectivity index (χ3v) is 5.43. The number of carbonyl (C=O) groups is 2. The van der Waals surface area contributed by atoms with Crippen LogP contribution in [0.15, 0.2) is 72.4 Å². The third kappa shape index (κ3) is 3.92. The summed E-state index contributed by atoms with van der Waals surface area (Å²) in [5, 5.41) is 3.52. The molecular formula is C25H21ClN2O3. The minimum Gasteiger partial charge on any atom is -0.495 e. The average molecular weight is 433 g/mol. The van der Waals surface area contributed by atoms with Crippen LogP contribution in [0.5, 0.6) is 5.75 Å². The number of ether oxygens (including phenoxy) is 1. The molecule has 0 aromatic heterocycles. The Kier molecular flexibility index (Phi) is 5.53. The van der Waals surface area contributed by atoms with Gasteiger partial charge in [0.15, 0.2) is 0 Å². The van der Waals surface area contributed by atoms with E-state index in [4.69, 9.17) is 16.3 Å². The van der Waals surface area contributed by atoms with Gasteiger partial charge >= 0.3 is 0 Å². The summed E-state index contributed by atoms with van der Waals surface area (Å²) in [6.45, 7) is 3.92. The largest absolute Gasteiger partial charge is 0.495 e. The van der Waals surface area contributed by atoms with Crippen LogP contribution < -0.4 is 15.0 Å². The molecule has 0 aliphatic carbocycles. The second kappa shape index (κ2) is 8.28. The number of imide groups is 1. The molecule has 3 aromatic rings. The fourth-order valence-corrected chi connectivity index (χ4v) is 3.71. The van der Waals surface area contributed by atoms with Crippen molar-refractivity contribution >= 4 is 40.4 Å². The summed E-state index contributed by atoms with van der Waals surface area (Å²) in [6, 6.07) is 19.9. The predicted octanol–water partition coefficient (Wildman–Crippen LogP) is 5.36. The highest BCUT2D eigenvalue weighted by Gasteiger charge is 2.40. The second-order valence-electron chi connectivity index (χ2n) is 7.37. The van der Waals surface area contributed by atoms with Crippen LogP contribution in [0, 0.1) is 13.8 Å². The maximum absolute atomic E-state index is 13.4. The van der Waals surface area contributed by atoms with Crippen LogP contribution in [0.1, 0.15) is 16.7 Å². The molecule has 1 aliphatic heterocycles. The monoisotopic (exact) mass is 432 g/mol. The first-order chi connectivity index (χ1) is 14.9. The molecule has 0 radical (unpaired) electrons. The van der Waals surface area contributed by atoms with E-state index in [0.29, 0.717) is 33.3 Å². The van der Waals surface area contributed by atoms with Gasteiger partial charge in [0.2, 0.25) is 0 Å². The number of methoxy groups -OCH3 is 1. The van der Waals surface area contributed by atoms with Gasteiger partial charge in [0.1, 0.15) is 11.4 Å². The third-order valence-electron chi connectivity index (χ3n) is 5.14. The van der Waals surface area contributed by atoms with Crippen molar-refractivity contribution in [1.82, 2.24) is 0 Å². The molecule has 5 nitrogen and oxygen atoms in total. The summed E-state index contributed by atoms with van der Waals surface area (Å²) in [5.74, 6) is -0.272. The maximum atomic E-state index is 13.4. The summed E-state index contributed by atoms with van der Waals surface area (Å²) >= 11 is 6.25. The second-order valence-corrected chi connectivity index (χ2v) is 7.78. The summed E-state index contributed by atoms with van der Waals surface area (Å²) < 4.78 is 5.19. The molecule has 0 fully saturated rings. The molecule has 4 rings (SSSR count). The Morgan fingerprint density at radius 3 is 2.03 bits per heavy atom. The molecule has 156 valence electrons. The molecule has 1 aliphatic rings. The van der Waals surface area contributed by atoms with Crippen LogP contribution in [-0.4, -0.2) is 18.9 Å². The number of nitrogens with one attached hydrogen (secondary N) is 1. The van der Waals surface area contributed by atoms with Gasteiger partial charge in [0.25, 0.3) is 11.8 Å². The number of nitrogens with zero attached hydrogens (tertiary/aromatic N) is 1. The number of carbonyl (C=O) groups excluding carboxylic acids is 2. The highest BCUT2D eigenvalue weighted by molar-refractivity contribution is 6.46. The Morgan fingerprint density at radius 1 is 0.839 bits per heavy atom. The molecule has 0 unspecified atom stereocenters. The van der Waals surface area contributed by atoms with Gasteiger partial charge in [0.05, 0.1) is 23.4 Å². The molecule has 6 heteroatoms. The zero-order valence-electron chi connectivity index (χ0n) is 17.4. The van der Waals surface area contributed by atoms with Gasteiger partial charge < -0.3 is 10.1 Å². The molecule has 3 aromatic carbocycles. The minimum atomic E-state index is -0.420. The van der Waals surface area contributed by atoms with E-state index in [1.54, 1.807) is 30.3 Å². The topological polar surface area (TPSA) is 58.6 Å². The van der Waals surface area contributed by atoms with E-state index in [2.05, 4.69) is 5.32 Å². The summed E-state index contributed by atoms with van der Waals surface area (Å²) in [5.41, 5.74) is 4.40. The van der Waals surface area contributed by atoms with Gasteiger partial charge in [-0.15, -0.1) is 0 Å². The Bertz CT molecular complexity index is 1200. The molecule has 0 bridgehead atoms. The molecule has 1 heterocycles. The number of anilines is 2. The van der Waals surface area contributed by atoms with Crippen molar-refractivity contribution in [3.05, 3.63) is 94.1 Å². The van der Waals surface area contributed by atoms with Gasteiger partial charge in [-0.05, 0) is 49.7 Å². The molecule has 31 heavy (non-hydrogen) atoms. The molecule has 0 saturated carbocycles. The number of aryl methyl sites for hydroxylation is 2. The van der Waals surface area contributed by atoms with E-state index < -0.39 is 5.91 Å². The first-order valence-electron chi connectivity index (χ1n) is 9.76. The Morgan fingerprint density at radius 2 is 1.45 bits per heavy atom. The number of halogens is 1. The predicted molar refractivity (Wildman–Crippen MR) is 123 cm³/mol. The average Bonchev–Trinajstić information content (AvgIpc) is 2.99. The van der Waals surface area contributed by atoms with Crippen molar-refractivity contribution in [2.24, 2.45) is 0 Å². The lowest BCUT2D eigenvalue weighted by Gasteiger charge is -2.16. The van der Waals surface area contributed by atoms with Gasteiger partial charge in [0, 0.05) is 5.69 Å². The van der Waals surface area contributed by atoms with Crippen molar-refractivity contribution in [2.75, 3.05) is 17.3 Å². The Labute approximate surface area is 185 Å². The van der Waals surface area contributed by atoms with E-state index in [-0.39, 0.29) is 11.6 Å². The van der Waals surface area contributed by atoms with E-state index in [1.807, 2.05) is 50.2 Å². The first kappa shape index (κ1) is 20.7. The van der Waals surface area contributed by atoms with Gasteiger partial charge in [-0.25, -0.2) is 4.90 Å². The lowest BCUT2D eigenvalue weighted by atomic mass is 10.0. The molecule has 2 amide bonds. The van der Waals surface area contributed by atoms with Crippen LogP contribution in [-0.2, 0) is 9.59 Å².